The number of ether oxygens (including phenoxy) is 1. The monoisotopic (exact) mass is 351 g/mol. The van der Waals surface area contributed by atoms with Crippen molar-refractivity contribution in [1.82, 2.24) is 15.1 Å². The summed E-state index contributed by atoms with van der Waals surface area (Å²) in [6.45, 7) is 2.95. The SMILES string of the molecule is Cc1nnc(COC2CN(C(=O)CC(O)c3ccc(Cl)cc3)C2)o1. The molecule has 1 amide bonds. The Bertz CT molecular complexity index is 698. The van der Waals surface area contributed by atoms with Crippen molar-refractivity contribution >= 4 is 17.5 Å². The lowest BCUT2D eigenvalue weighted by Gasteiger charge is -2.39. The number of aryl methyl sites for hydroxylation is 1. The first-order chi connectivity index (χ1) is 11.5. The molecule has 3 rings (SSSR count). The third-order valence-electron chi connectivity index (χ3n) is 3.83. The van der Waals surface area contributed by atoms with E-state index in [1.165, 1.54) is 0 Å². The maximum Gasteiger partial charge on any atom is 0.242 e. The number of carbonyl (C=O) groups is 1. The molecular formula is C16H18ClN3O4. The topological polar surface area (TPSA) is 88.7 Å². The van der Waals surface area contributed by atoms with Gasteiger partial charge in [0.15, 0.2) is 0 Å². The highest BCUT2D eigenvalue weighted by atomic mass is 35.5. The van der Waals surface area contributed by atoms with E-state index in [0.717, 1.165) is 0 Å². The van der Waals surface area contributed by atoms with Crippen LogP contribution < -0.4 is 0 Å². The highest BCUT2D eigenvalue weighted by molar-refractivity contribution is 6.30. The van der Waals surface area contributed by atoms with Gasteiger partial charge in [0.25, 0.3) is 0 Å². The number of carbonyl (C=O) groups excluding carboxylic acids is 1. The predicted octanol–water partition coefficient (Wildman–Crippen LogP) is 1.88. The molecule has 1 aromatic heterocycles. The van der Waals surface area contributed by atoms with Gasteiger partial charge < -0.3 is 19.2 Å². The van der Waals surface area contributed by atoms with Crippen LogP contribution in [-0.4, -0.2) is 45.3 Å². The fraction of sp³-hybridized carbons (Fsp3) is 0.438. The molecule has 1 aliphatic heterocycles. The van der Waals surface area contributed by atoms with Crippen molar-refractivity contribution in [3.63, 3.8) is 0 Å². The molecule has 0 bridgehead atoms. The lowest BCUT2D eigenvalue weighted by molar-refractivity contribution is -0.148. The second kappa shape index (κ2) is 7.29. The summed E-state index contributed by atoms with van der Waals surface area (Å²) < 4.78 is 10.8. The molecule has 2 heterocycles. The Hall–Kier alpha value is -1.96. The largest absolute Gasteiger partial charge is 0.423 e. The second-order valence-corrected chi connectivity index (χ2v) is 6.15. The van der Waals surface area contributed by atoms with Gasteiger partial charge >= 0.3 is 0 Å². The highest BCUT2D eigenvalue weighted by Gasteiger charge is 2.32. The highest BCUT2D eigenvalue weighted by Crippen LogP contribution is 2.22. The molecule has 1 aromatic carbocycles. The number of hydrogen-bond donors (Lipinski definition) is 1. The van der Waals surface area contributed by atoms with E-state index in [1.54, 1.807) is 36.1 Å². The molecule has 7 nitrogen and oxygen atoms in total. The van der Waals surface area contributed by atoms with Gasteiger partial charge in [-0.1, -0.05) is 23.7 Å². The predicted molar refractivity (Wildman–Crippen MR) is 85.2 cm³/mol. The first kappa shape index (κ1) is 16.9. The van der Waals surface area contributed by atoms with Gasteiger partial charge in [-0.15, -0.1) is 10.2 Å². The van der Waals surface area contributed by atoms with Crippen molar-refractivity contribution in [3.05, 3.63) is 46.6 Å². The van der Waals surface area contributed by atoms with Crippen LogP contribution in [0.1, 0.15) is 29.9 Å². The quantitative estimate of drug-likeness (QED) is 0.854. The van der Waals surface area contributed by atoms with Crippen molar-refractivity contribution in [1.29, 1.82) is 0 Å². The summed E-state index contributed by atoms with van der Waals surface area (Å²) in [5.74, 6) is 0.816. The molecule has 1 fully saturated rings. The third-order valence-corrected chi connectivity index (χ3v) is 4.09. The van der Waals surface area contributed by atoms with Gasteiger partial charge in [-0.05, 0) is 17.7 Å². The van der Waals surface area contributed by atoms with Crippen LogP contribution in [0.15, 0.2) is 28.7 Å². The second-order valence-electron chi connectivity index (χ2n) is 5.72. The molecule has 8 heteroatoms. The summed E-state index contributed by atoms with van der Waals surface area (Å²) in [6, 6.07) is 6.82. The summed E-state index contributed by atoms with van der Waals surface area (Å²) in [5.41, 5.74) is 0.674. The van der Waals surface area contributed by atoms with Gasteiger partial charge in [-0.25, -0.2) is 0 Å². The number of aliphatic hydroxyl groups excluding tert-OH is 1. The minimum Gasteiger partial charge on any atom is -0.423 e. The lowest BCUT2D eigenvalue weighted by Crippen LogP contribution is -2.54. The lowest BCUT2D eigenvalue weighted by atomic mass is 10.0. The Labute approximate surface area is 144 Å². The van der Waals surface area contributed by atoms with Gasteiger partial charge in [0.05, 0.1) is 18.6 Å². The molecule has 0 radical (unpaired) electrons. The molecule has 1 unspecified atom stereocenters. The Morgan fingerprint density at radius 1 is 1.42 bits per heavy atom. The molecule has 0 saturated carbocycles. The van der Waals surface area contributed by atoms with Crippen molar-refractivity contribution in [2.24, 2.45) is 0 Å². The number of aromatic nitrogens is 2. The Kier molecular flexibility index (Phi) is 5.13. The first-order valence-corrected chi connectivity index (χ1v) is 8.01. The fourth-order valence-corrected chi connectivity index (χ4v) is 2.56. The Morgan fingerprint density at radius 2 is 2.12 bits per heavy atom. The van der Waals surface area contributed by atoms with E-state index in [9.17, 15) is 9.90 Å². The number of benzene rings is 1. The number of hydrogen-bond acceptors (Lipinski definition) is 6. The Balaban J connectivity index is 1.40. The van der Waals surface area contributed by atoms with E-state index in [1.807, 2.05) is 0 Å². The number of nitrogens with zero attached hydrogens (tertiary/aromatic N) is 3. The van der Waals surface area contributed by atoms with Crippen molar-refractivity contribution < 1.29 is 19.1 Å². The molecule has 2 aromatic rings. The van der Waals surface area contributed by atoms with Crippen LogP contribution in [-0.2, 0) is 16.1 Å². The smallest absolute Gasteiger partial charge is 0.242 e. The van der Waals surface area contributed by atoms with Crippen LogP contribution in [0, 0.1) is 6.92 Å². The molecule has 1 aliphatic rings. The first-order valence-electron chi connectivity index (χ1n) is 7.63. The molecular weight excluding hydrogens is 334 g/mol. The molecule has 1 atom stereocenters. The van der Waals surface area contributed by atoms with Crippen LogP contribution in [0.25, 0.3) is 0 Å². The zero-order valence-electron chi connectivity index (χ0n) is 13.2. The Morgan fingerprint density at radius 3 is 2.75 bits per heavy atom. The minimum absolute atomic E-state index is 0.0389. The average molecular weight is 352 g/mol. The molecule has 1 saturated heterocycles. The van der Waals surface area contributed by atoms with Gasteiger partial charge in [0, 0.05) is 25.0 Å². The van der Waals surface area contributed by atoms with Crippen LogP contribution in [0.5, 0.6) is 0 Å². The van der Waals surface area contributed by atoms with Gasteiger partial charge in [0.2, 0.25) is 17.7 Å². The molecule has 24 heavy (non-hydrogen) atoms. The van der Waals surface area contributed by atoms with E-state index in [4.69, 9.17) is 20.8 Å². The molecule has 0 aliphatic carbocycles. The fourth-order valence-electron chi connectivity index (χ4n) is 2.43. The van der Waals surface area contributed by atoms with Gasteiger partial charge in [-0.3, -0.25) is 4.79 Å². The molecule has 128 valence electrons. The van der Waals surface area contributed by atoms with E-state index >= 15 is 0 Å². The summed E-state index contributed by atoms with van der Waals surface area (Å²) in [6.07, 6.45) is -0.845. The number of rotatable bonds is 6. The number of halogens is 1. The molecule has 1 N–H and O–H groups in total. The summed E-state index contributed by atoms with van der Waals surface area (Å²) in [4.78, 5) is 13.8. The summed E-state index contributed by atoms with van der Waals surface area (Å²) in [7, 11) is 0. The van der Waals surface area contributed by atoms with E-state index in [2.05, 4.69) is 10.2 Å². The van der Waals surface area contributed by atoms with E-state index in [0.29, 0.717) is 35.5 Å². The van der Waals surface area contributed by atoms with Crippen molar-refractivity contribution in [2.45, 2.75) is 32.2 Å². The zero-order valence-corrected chi connectivity index (χ0v) is 13.9. The number of likely N-dealkylation sites (tertiary alicyclic amines) is 1. The summed E-state index contributed by atoms with van der Waals surface area (Å²) >= 11 is 5.81. The average Bonchev–Trinajstić information content (AvgIpc) is 2.91. The van der Waals surface area contributed by atoms with Crippen molar-refractivity contribution in [3.8, 4) is 0 Å². The van der Waals surface area contributed by atoms with E-state index < -0.39 is 6.10 Å². The van der Waals surface area contributed by atoms with Crippen molar-refractivity contribution in [2.75, 3.05) is 13.1 Å². The van der Waals surface area contributed by atoms with Crippen LogP contribution in [0.3, 0.4) is 0 Å². The van der Waals surface area contributed by atoms with Crippen LogP contribution in [0.4, 0.5) is 0 Å². The number of amides is 1. The van der Waals surface area contributed by atoms with Gasteiger partial charge in [0.1, 0.15) is 6.61 Å². The third kappa shape index (κ3) is 4.11. The van der Waals surface area contributed by atoms with Gasteiger partial charge in [-0.2, -0.15) is 0 Å². The van der Waals surface area contributed by atoms with E-state index in [-0.39, 0.29) is 25.0 Å². The summed E-state index contributed by atoms with van der Waals surface area (Å²) in [5, 5.41) is 18.3. The zero-order chi connectivity index (χ0) is 17.1. The standard InChI is InChI=1S/C16H18ClN3O4/c1-10-18-19-15(24-10)9-23-13-7-20(8-13)16(22)6-14(21)11-2-4-12(17)5-3-11/h2-5,13-14,21H,6-9H2,1H3. The normalized spacial score (nSPS) is 16.0. The number of aliphatic hydroxyl groups is 1. The van der Waals surface area contributed by atoms with Crippen LogP contribution in [0.2, 0.25) is 5.02 Å². The maximum absolute atomic E-state index is 12.1. The minimum atomic E-state index is -0.837. The van der Waals surface area contributed by atoms with Crippen LogP contribution >= 0.6 is 11.6 Å². The molecule has 0 spiro atoms. The maximum atomic E-state index is 12.1.